The van der Waals surface area contributed by atoms with Crippen molar-refractivity contribution in [3.63, 3.8) is 0 Å². The molecule has 1 aliphatic heterocycles. The number of aliphatic hydroxyl groups excluding tert-OH is 1. The largest absolute Gasteiger partial charge is 0.490 e. The first-order valence-electron chi connectivity index (χ1n) is 16.2. The molecule has 0 bridgehead atoms. The highest BCUT2D eigenvalue weighted by Gasteiger charge is 2.33. The van der Waals surface area contributed by atoms with Gasteiger partial charge in [0.15, 0.2) is 0 Å². The van der Waals surface area contributed by atoms with E-state index in [0.29, 0.717) is 23.6 Å². The number of amides is 2. The summed E-state index contributed by atoms with van der Waals surface area (Å²) in [4.78, 5) is 29.0. The topological polar surface area (TPSA) is 125 Å². The summed E-state index contributed by atoms with van der Waals surface area (Å²) in [5.41, 5.74) is 0.837. The van der Waals surface area contributed by atoms with Gasteiger partial charge in [-0.3, -0.25) is 9.59 Å². The molecule has 1 aliphatic carbocycles. The number of ether oxygens (including phenoxy) is 2. The molecule has 2 heterocycles. The Kier molecular flexibility index (Phi) is 12.8. The van der Waals surface area contributed by atoms with Crippen LogP contribution < -0.4 is 10.1 Å². The molecule has 2 aromatic rings. The number of likely N-dealkylation sites (N-methyl/N-ethyl adjacent to an activating group) is 1. The summed E-state index contributed by atoms with van der Waals surface area (Å²) in [5.74, 6) is -0.255. The quantitative estimate of drug-likeness (QED) is 0.388. The molecule has 2 amide bonds. The van der Waals surface area contributed by atoms with Crippen molar-refractivity contribution in [1.29, 1.82) is 0 Å². The molecule has 2 N–H and O–H groups in total. The van der Waals surface area contributed by atoms with E-state index in [9.17, 15) is 23.1 Å². The van der Waals surface area contributed by atoms with Gasteiger partial charge in [0.1, 0.15) is 9.96 Å². The number of hydrogen-bond acceptors (Lipinski definition) is 8. The molecule has 1 aromatic heterocycles. The molecule has 1 saturated carbocycles. The van der Waals surface area contributed by atoms with Crippen LogP contribution in [0.25, 0.3) is 0 Å². The first-order valence-corrected chi connectivity index (χ1v) is 18.5. The summed E-state index contributed by atoms with van der Waals surface area (Å²) >= 11 is 1.17. The molecule has 0 spiro atoms. The lowest BCUT2D eigenvalue weighted by Gasteiger charge is -2.35. The van der Waals surface area contributed by atoms with Crippen molar-refractivity contribution in [1.82, 2.24) is 9.21 Å². The Hall–Kier alpha value is -2.51. The fourth-order valence-corrected chi connectivity index (χ4v) is 8.37. The van der Waals surface area contributed by atoms with Gasteiger partial charge in [-0.15, -0.1) is 11.3 Å². The number of carbonyl (C=O) groups excluding carboxylic acids is 2. The molecule has 0 saturated heterocycles. The van der Waals surface area contributed by atoms with Crippen LogP contribution in [0.4, 0.5) is 5.69 Å². The van der Waals surface area contributed by atoms with E-state index in [1.807, 2.05) is 13.8 Å². The average molecular weight is 664 g/mol. The highest BCUT2D eigenvalue weighted by atomic mass is 32.2. The Labute approximate surface area is 272 Å². The molecule has 1 fully saturated rings. The molecule has 1 aromatic carbocycles. The number of nitrogens with one attached hydrogen (secondary N) is 1. The zero-order chi connectivity index (χ0) is 32.6. The van der Waals surface area contributed by atoms with Crippen LogP contribution in [0, 0.1) is 11.8 Å². The van der Waals surface area contributed by atoms with Crippen LogP contribution in [-0.4, -0.2) is 86.1 Å². The van der Waals surface area contributed by atoms with Crippen LogP contribution in [-0.2, 0) is 19.6 Å². The van der Waals surface area contributed by atoms with Crippen LogP contribution in [0.1, 0.15) is 82.5 Å². The predicted octanol–water partition coefficient (Wildman–Crippen LogP) is 5.38. The van der Waals surface area contributed by atoms with Gasteiger partial charge in [0, 0.05) is 44.3 Å². The van der Waals surface area contributed by atoms with Crippen LogP contribution in [0.5, 0.6) is 5.75 Å². The highest BCUT2D eigenvalue weighted by molar-refractivity contribution is 7.91. The second kappa shape index (κ2) is 16.4. The van der Waals surface area contributed by atoms with Crippen molar-refractivity contribution in [2.75, 3.05) is 38.7 Å². The number of aliphatic hydroxyl groups is 1. The van der Waals surface area contributed by atoms with Gasteiger partial charge in [-0.25, -0.2) is 8.42 Å². The van der Waals surface area contributed by atoms with Gasteiger partial charge in [0.25, 0.3) is 15.9 Å². The summed E-state index contributed by atoms with van der Waals surface area (Å²) in [5, 5.41) is 14.9. The number of thiophene rings is 1. The first kappa shape index (κ1) is 35.3. The minimum Gasteiger partial charge on any atom is -0.490 e. The fraction of sp³-hybridized carbons (Fsp3) is 0.636. The lowest BCUT2D eigenvalue weighted by atomic mass is 9.88. The molecule has 0 radical (unpaired) electrons. The normalized spacial score (nSPS) is 23.6. The lowest BCUT2D eigenvalue weighted by molar-refractivity contribution is -0.120. The number of hydrogen-bond donors (Lipinski definition) is 2. The maximum atomic E-state index is 14.3. The monoisotopic (exact) mass is 663 g/mol. The van der Waals surface area contributed by atoms with Crippen LogP contribution >= 0.6 is 11.3 Å². The number of nitrogens with zero attached hydrogens (tertiary/aromatic N) is 2. The van der Waals surface area contributed by atoms with E-state index in [-0.39, 0.29) is 53.7 Å². The maximum Gasteiger partial charge on any atom is 0.258 e. The molecule has 250 valence electrons. The van der Waals surface area contributed by atoms with E-state index in [2.05, 4.69) is 5.32 Å². The molecule has 2 aliphatic rings. The summed E-state index contributed by atoms with van der Waals surface area (Å²) < 4.78 is 40.6. The van der Waals surface area contributed by atoms with Crippen molar-refractivity contribution in [2.45, 2.75) is 94.6 Å². The fourth-order valence-electron chi connectivity index (χ4n) is 5.99. The van der Waals surface area contributed by atoms with Gasteiger partial charge >= 0.3 is 0 Å². The standard InChI is InChI=1S/C33H49N3O7S2/c1-23-20-36(24(2)22-37)33(39)28-19-27(34-32(38)26-12-6-5-7-13-26)15-16-29(28)43-25(3)11-8-9-17-42-30(23)21-35(4)45(40,41)31-14-10-18-44-31/h10,14-16,18-19,23-26,30,37H,5-9,11-13,17,20-22H2,1-4H3,(H,34,38)/t23-,24+,25+,30-/m0/s1. The zero-order valence-electron chi connectivity index (χ0n) is 26.9. The molecule has 45 heavy (non-hydrogen) atoms. The summed E-state index contributed by atoms with van der Waals surface area (Å²) in [6.07, 6.45) is 6.62. The van der Waals surface area contributed by atoms with E-state index >= 15 is 0 Å². The van der Waals surface area contributed by atoms with Crippen molar-refractivity contribution < 1.29 is 32.6 Å². The third-order valence-corrected chi connectivity index (χ3v) is 12.1. The number of sulfonamides is 1. The molecule has 10 nitrogen and oxygen atoms in total. The van der Waals surface area contributed by atoms with Crippen molar-refractivity contribution in [3.05, 3.63) is 41.3 Å². The van der Waals surface area contributed by atoms with E-state index in [1.165, 1.54) is 15.6 Å². The molecule has 12 heteroatoms. The maximum absolute atomic E-state index is 14.3. The van der Waals surface area contributed by atoms with E-state index in [0.717, 1.165) is 51.4 Å². The van der Waals surface area contributed by atoms with Crippen molar-refractivity contribution in [2.24, 2.45) is 11.8 Å². The third kappa shape index (κ3) is 9.28. The molecular weight excluding hydrogens is 615 g/mol. The number of rotatable bonds is 8. The summed E-state index contributed by atoms with van der Waals surface area (Å²) in [6.45, 7) is 6.18. The Morgan fingerprint density at radius 3 is 2.56 bits per heavy atom. The number of benzene rings is 1. The van der Waals surface area contributed by atoms with Gasteiger partial charge < -0.3 is 24.8 Å². The van der Waals surface area contributed by atoms with Gasteiger partial charge in [-0.2, -0.15) is 4.31 Å². The number of anilines is 1. The summed E-state index contributed by atoms with van der Waals surface area (Å²) in [6, 6.07) is 7.96. The Balaban J connectivity index is 1.63. The van der Waals surface area contributed by atoms with Gasteiger partial charge in [-0.1, -0.05) is 32.3 Å². The minimum atomic E-state index is -3.69. The van der Waals surface area contributed by atoms with Crippen molar-refractivity contribution in [3.8, 4) is 5.75 Å². The van der Waals surface area contributed by atoms with Gasteiger partial charge in [0.05, 0.1) is 30.4 Å². The third-order valence-electron chi connectivity index (χ3n) is 8.89. The van der Waals surface area contributed by atoms with E-state index in [4.69, 9.17) is 9.47 Å². The predicted molar refractivity (Wildman–Crippen MR) is 176 cm³/mol. The van der Waals surface area contributed by atoms with Crippen molar-refractivity contribution >= 4 is 38.9 Å². The minimum absolute atomic E-state index is 0.0342. The Morgan fingerprint density at radius 1 is 1.13 bits per heavy atom. The Bertz CT molecular complexity index is 1360. The van der Waals surface area contributed by atoms with E-state index < -0.39 is 22.2 Å². The van der Waals surface area contributed by atoms with E-state index in [1.54, 1.807) is 54.6 Å². The number of fused-ring (bicyclic) bond motifs is 1. The second-order valence-corrected chi connectivity index (χ2v) is 15.8. The zero-order valence-corrected chi connectivity index (χ0v) is 28.6. The summed E-state index contributed by atoms with van der Waals surface area (Å²) in [7, 11) is -2.15. The molecule has 0 unspecified atom stereocenters. The SMILES string of the molecule is C[C@@H]1CCCCO[C@@H](CN(C)S(=O)(=O)c2cccs2)[C@@H](C)CN([C@H](C)CO)C(=O)c2cc(NC(=O)C3CCCCC3)ccc2O1. The second-order valence-electron chi connectivity index (χ2n) is 12.6. The molecule has 4 rings (SSSR count). The van der Waals surface area contributed by atoms with Gasteiger partial charge in [-0.05, 0) is 75.6 Å². The lowest BCUT2D eigenvalue weighted by Crippen LogP contribution is -2.48. The average Bonchev–Trinajstić information content (AvgIpc) is 3.59. The molecule has 4 atom stereocenters. The van der Waals surface area contributed by atoms with Crippen LogP contribution in [0.3, 0.4) is 0 Å². The number of carbonyl (C=O) groups is 2. The van der Waals surface area contributed by atoms with Gasteiger partial charge in [0.2, 0.25) is 5.91 Å². The highest BCUT2D eigenvalue weighted by Crippen LogP contribution is 2.30. The molecular formula is C33H49N3O7S2. The Morgan fingerprint density at radius 2 is 1.87 bits per heavy atom. The smallest absolute Gasteiger partial charge is 0.258 e. The first-order chi connectivity index (χ1) is 21.5. The van der Waals surface area contributed by atoms with Crippen LogP contribution in [0.15, 0.2) is 39.9 Å². The van der Waals surface area contributed by atoms with Crippen LogP contribution in [0.2, 0.25) is 0 Å².